The van der Waals surface area contributed by atoms with Gasteiger partial charge in [-0.3, -0.25) is 9.59 Å². The lowest BCUT2D eigenvalue weighted by Gasteiger charge is -2.22. The van der Waals surface area contributed by atoms with Crippen LogP contribution in [0.3, 0.4) is 0 Å². The van der Waals surface area contributed by atoms with Crippen molar-refractivity contribution in [1.82, 2.24) is 9.80 Å². The maximum absolute atomic E-state index is 12.8. The molecule has 0 saturated carbocycles. The van der Waals surface area contributed by atoms with E-state index in [2.05, 4.69) is 0 Å². The topological polar surface area (TPSA) is 49.9 Å². The summed E-state index contributed by atoms with van der Waals surface area (Å²) >= 11 is 0. The third-order valence-corrected chi connectivity index (χ3v) is 5.27. The molecule has 0 aromatic heterocycles. The van der Waals surface area contributed by atoms with Crippen LogP contribution in [0.25, 0.3) is 0 Å². The van der Waals surface area contributed by atoms with E-state index in [1.807, 2.05) is 68.1 Å². The molecule has 1 heterocycles. The molecule has 1 saturated heterocycles. The van der Waals surface area contributed by atoms with Crippen molar-refractivity contribution < 1.29 is 14.3 Å². The fourth-order valence-corrected chi connectivity index (χ4v) is 3.30. The van der Waals surface area contributed by atoms with Gasteiger partial charge in [-0.05, 0) is 62.6 Å². The summed E-state index contributed by atoms with van der Waals surface area (Å²) in [4.78, 5) is 29.0. The molecule has 0 spiro atoms. The lowest BCUT2D eigenvalue weighted by molar-refractivity contribution is -0.133. The summed E-state index contributed by atoms with van der Waals surface area (Å²) in [5, 5.41) is 0. The van der Waals surface area contributed by atoms with E-state index in [1.165, 1.54) is 5.56 Å². The molecule has 28 heavy (non-hydrogen) atoms. The third kappa shape index (κ3) is 4.91. The second kappa shape index (κ2) is 8.91. The molecule has 0 radical (unpaired) electrons. The Kier molecular flexibility index (Phi) is 6.34. The predicted molar refractivity (Wildman–Crippen MR) is 110 cm³/mol. The molecule has 5 heteroatoms. The van der Waals surface area contributed by atoms with E-state index in [-0.39, 0.29) is 18.4 Å². The van der Waals surface area contributed by atoms with Gasteiger partial charge in [0.15, 0.2) is 6.61 Å². The van der Waals surface area contributed by atoms with Gasteiger partial charge in [0, 0.05) is 31.7 Å². The fourth-order valence-electron chi connectivity index (χ4n) is 3.30. The average molecular weight is 380 g/mol. The average Bonchev–Trinajstić information content (AvgIpc) is 2.95. The van der Waals surface area contributed by atoms with Crippen LogP contribution < -0.4 is 4.74 Å². The molecule has 0 bridgehead atoms. The maximum atomic E-state index is 12.8. The van der Waals surface area contributed by atoms with E-state index in [9.17, 15) is 9.59 Å². The molecule has 1 fully saturated rings. The van der Waals surface area contributed by atoms with Crippen LogP contribution in [0, 0.1) is 20.8 Å². The van der Waals surface area contributed by atoms with Gasteiger partial charge in [0.2, 0.25) is 0 Å². The van der Waals surface area contributed by atoms with E-state index in [4.69, 9.17) is 4.74 Å². The van der Waals surface area contributed by atoms with Gasteiger partial charge in [0.05, 0.1) is 0 Å². The Morgan fingerprint density at radius 1 is 0.857 bits per heavy atom. The Morgan fingerprint density at radius 2 is 1.54 bits per heavy atom. The van der Waals surface area contributed by atoms with Gasteiger partial charge in [0.25, 0.3) is 11.8 Å². The van der Waals surface area contributed by atoms with Crippen molar-refractivity contribution in [3.63, 3.8) is 0 Å². The van der Waals surface area contributed by atoms with Crippen molar-refractivity contribution in [3.05, 3.63) is 64.7 Å². The zero-order chi connectivity index (χ0) is 20.1. The molecule has 0 aliphatic carbocycles. The van der Waals surface area contributed by atoms with E-state index >= 15 is 0 Å². The zero-order valence-electron chi connectivity index (χ0n) is 16.9. The standard InChI is InChI=1S/C23H28N2O3/c1-17-5-9-21(10-6-17)28-16-22(26)24-11-4-12-25(14-13-24)23(27)20-8-7-18(2)19(3)15-20/h5-10,15H,4,11-14,16H2,1-3H3. The number of carbonyl (C=O) groups excluding carboxylic acids is 2. The molecule has 2 amide bonds. The summed E-state index contributed by atoms with van der Waals surface area (Å²) < 4.78 is 5.61. The van der Waals surface area contributed by atoms with Crippen molar-refractivity contribution >= 4 is 11.8 Å². The molecule has 1 aliphatic heterocycles. The quantitative estimate of drug-likeness (QED) is 0.817. The number of nitrogens with zero attached hydrogens (tertiary/aromatic N) is 2. The molecule has 0 atom stereocenters. The number of rotatable bonds is 4. The number of hydrogen-bond donors (Lipinski definition) is 0. The summed E-state index contributed by atoms with van der Waals surface area (Å²) in [6.45, 7) is 8.47. The predicted octanol–water partition coefficient (Wildman–Crippen LogP) is 3.37. The van der Waals surface area contributed by atoms with Gasteiger partial charge in [-0.15, -0.1) is 0 Å². The minimum atomic E-state index is -0.0407. The highest BCUT2D eigenvalue weighted by Crippen LogP contribution is 2.15. The SMILES string of the molecule is Cc1ccc(OCC(=O)N2CCCN(C(=O)c3ccc(C)c(C)c3)CC2)cc1. The fraction of sp³-hybridized carbons (Fsp3) is 0.391. The number of ether oxygens (including phenoxy) is 1. The Labute approximate surface area is 166 Å². The first kappa shape index (κ1) is 19.9. The van der Waals surface area contributed by atoms with Crippen LogP contribution in [-0.4, -0.2) is 54.4 Å². The normalized spacial score (nSPS) is 14.5. The molecular weight excluding hydrogens is 352 g/mol. The molecule has 3 rings (SSSR count). The van der Waals surface area contributed by atoms with Gasteiger partial charge in [-0.2, -0.15) is 0 Å². The Hall–Kier alpha value is -2.82. The Morgan fingerprint density at radius 3 is 2.25 bits per heavy atom. The van der Waals surface area contributed by atoms with Gasteiger partial charge in [0.1, 0.15) is 5.75 Å². The smallest absolute Gasteiger partial charge is 0.260 e. The van der Waals surface area contributed by atoms with Crippen LogP contribution in [0.1, 0.15) is 33.5 Å². The molecule has 0 unspecified atom stereocenters. The highest BCUT2D eigenvalue weighted by Gasteiger charge is 2.23. The number of carbonyl (C=O) groups is 2. The van der Waals surface area contributed by atoms with Crippen LogP contribution in [0.15, 0.2) is 42.5 Å². The highest BCUT2D eigenvalue weighted by molar-refractivity contribution is 5.94. The zero-order valence-corrected chi connectivity index (χ0v) is 16.9. The van der Waals surface area contributed by atoms with Crippen LogP contribution in [-0.2, 0) is 4.79 Å². The Balaban J connectivity index is 1.54. The summed E-state index contributed by atoms with van der Waals surface area (Å²) in [5.74, 6) is 0.690. The first-order valence-corrected chi connectivity index (χ1v) is 9.78. The van der Waals surface area contributed by atoms with Crippen LogP contribution in [0.5, 0.6) is 5.75 Å². The highest BCUT2D eigenvalue weighted by atomic mass is 16.5. The van der Waals surface area contributed by atoms with Gasteiger partial charge in [-0.1, -0.05) is 23.8 Å². The molecule has 5 nitrogen and oxygen atoms in total. The third-order valence-electron chi connectivity index (χ3n) is 5.27. The molecule has 2 aromatic carbocycles. The number of aryl methyl sites for hydroxylation is 3. The number of amides is 2. The minimum Gasteiger partial charge on any atom is -0.484 e. The summed E-state index contributed by atoms with van der Waals surface area (Å²) in [5.41, 5.74) is 4.16. The van der Waals surface area contributed by atoms with Crippen molar-refractivity contribution in [2.24, 2.45) is 0 Å². The maximum Gasteiger partial charge on any atom is 0.260 e. The van der Waals surface area contributed by atoms with Gasteiger partial charge >= 0.3 is 0 Å². The summed E-state index contributed by atoms with van der Waals surface area (Å²) in [6.07, 6.45) is 0.771. The van der Waals surface area contributed by atoms with Crippen LogP contribution in [0.2, 0.25) is 0 Å². The van der Waals surface area contributed by atoms with Crippen LogP contribution >= 0.6 is 0 Å². The monoisotopic (exact) mass is 380 g/mol. The molecule has 1 aliphatic rings. The minimum absolute atomic E-state index is 0.0220. The summed E-state index contributed by atoms with van der Waals surface area (Å²) in [7, 11) is 0. The lowest BCUT2D eigenvalue weighted by Crippen LogP contribution is -2.39. The molecule has 0 N–H and O–H groups in total. The second-order valence-corrected chi connectivity index (χ2v) is 7.43. The first-order chi connectivity index (χ1) is 13.4. The van der Waals surface area contributed by atoms with E-state index < -0.39 is 0 Å². The molecular formula is C23H28N2O3. The van der Waals surface area contributed by atoms with Crippen molar-refractivity contribution in [2.45, 2.75) is 27.2 Å². The van der Waals surface area contributed by atoms with Crippen molar-refractivity contribution in [2.75, 3.05) is 32.8 Å². The second-order valence-electron chi connectivity index (χ2n) is 7.43. The number of benzene rings is 2. The van der Waals surface area contributed by atoms with E-state index in [1.54, 1.807) is 4.90 Å². The summed E-state index contributed by atoms with van der Waals surface area (Å²) in [6, 6.07) is 13.5. The largest absolute Gasteiger partial charge is 0.484 e. The van der Waals surface area contributed by atoms with Crippen molar-refractivity contribution in [1.29, 1.82) is 0 Å². The van der Waals surface area contributed by atoms with E-state index in [0.717, 1.165) is 17.5 Å². The van der Waals surface area contributed by atoms with E-state index in [0.29, 0.717) is 37.5 Å². The first-order valence-electron chi connectivity index (χ1n) is 9.78. The van der Waals surface area contributed by atoms with Gasteiger partial charge < -0.3 is 14.5 Å². The lowest BCUT2D eigenvalue weighted by atomic mass is 10.1. The van der Waals surface area contributed by atoms with Crippen LogP contribution in [0.4, 0.5) is 0 Å². The van der Waals surface area contributed by atoms with Crippen molar-refractivity contribution in [3.8, 4) is 5.75 Å². The molecule has 148 valence electrons. The number of hydrogen-bond acceptors (Lipinski definition) is 3. The Bertz CT molecular complexity index is 845. The molecule has 2 aromatic rings. The van der Waals surface area contributed by atoms with Gasteiger partial charge in [-0.25, -0.2) is 0 Å².